The van der Waals surface area contributed by atoms with Crippen LogP contribution in [0.4, 0.5) is 10.1 Å². The van der Waals surface area contributed by atoms with E-state index in [1.165, 1.54) is 0 Å². The first-order valence-corrected chi connectivity index (χ1v) is 7.64. The van der Waals surface area contributed by atoms with Gasteiger partial charge in [0.25, 0.3) is 0 Å². The lowest BCUT2D eigenvalue weighted by Crippen LogP contribution is -2.46. The number of benzene rings is 2. The Hall–Kier alpha value is -2.56. The molecule has 1 N–H and O–H groups in total. The normalized spacial score (nSPS) is 25.4. The van der Waals surface area contributed by atoms with Crippen molar-refractivity contribution >= 4 is 11.7 Å². The monoisotopic (exact) mass is 313 g/mol. The topological polar surface area (TPSA) is 49.8 Å². The van der Waals surface area contributed by atoms with Crippen molar-refractivity contribution in [2.75, 3.05) is 11.4 Å². The summed E-state index contributed by atoms with van der Waals surface area (Å²) in [4.78, 5) is 13.6. The summed E-state index contributed by atoms with van der Waals surface area (Å²) in [6, 6.07) is 14.4. The summed E-state index contributed by atoms with van der Waals surface area (Å²) in [6.45, 7) is 0.170. The zero-order chi connectivity index (χ0) is 16.0. The number of nitrogens with zero attached hydrogens (tertiary/aromatic N) is 1. The number of alkyl halides is 1. The van der Waals surface area contributed by atoms with Crippen molar-refractivity contribution in [2.45, 2.75) is 18.6 Å². The van der Waals surface area contributed by atoms with Gasteiger partial charge in [-0.25, -0.2) is 4.39 Å². The van der Waals surface area contributed by atoms with Gasteiger partial charge >= 0.3 is 5.97 Å². The Kier molecular flexibility index (Phi) is 3.22. The fraction of sp³-hybridized carbons (Fsp3) is 0.278. The molecule has 2 aromatic rings. The maximum absolute atomic E-state index is 14.2. The molecule has 4 rings (SSSR count). The Morgan fingerprint density at radius 2 is 1.83 bits per heavy atom. The lowest BCUT2D eigenvalue weighted by Gasteiger charge is -2.41. The van der Waals surface area contributed by atoms with E-state index in [-0.39, 0.29) is 13.0 Å². The number of carbonyl (C=O) groups is 1. The number of carboxylic acids is 1. The predicted molar refractivity (Wildman–Crippen MR) is 83.7 cm³/mol. The standard InChI is InChI=1S/C18H16FNO3/c19-11-9-13(18(21)22)17-12-5-1-3-7-15(12)23-16-8-4-2-6-14(16)20(17)10-11/h1-8,11,13,17H,9-10H2,(H,21,22). The third-order valence-corrected chi connectivity index (χ3v) is 4.57. The molecule has 0 spiro atoms. The molecule has 0 aliphatic carbocycles. The summed E-state index contributed by atoms with van der Waals surface area (Å²) in [7, 11) is 0. The van der Waals surface area contributed by atoms with Crippen LogP contribution in [0, 0.1) is 5.92 Å². The molecule has 3 unspecified atom stereocenters. The van der Waals surface area contributed by atoms with Crippen LogP contribution < -0.4 is 9.64 Å². The van der Waals surface area contributed by atoms with Crippen molar-refractivity contribution in [3.63, 3.8) is 0 Å². The van der Waals surface area contributed by atoms with Crippen molar-refractivity contribution in [3.8, 4) is 11.5 Å². The van der Waals surface area contributed by atoms with Gasteiger partial charge in [0, 0.05) is 12.1 Å². The highest BCUT2D eigenvalue weighted by molar-refractivity contribution is 5.75. The van der Waals surface area contributed by atoms with Gasteiger partial charge in [0.1, 0.15) is 11.9 Å². The van der Waals surface area contributed by atoms with Crippen molar-refractivity contribution < 1.29 is 19.0 Å². The van der Waals surface area contributed by atoms with Gasteiger partial charge in [0.2, 0.25) is 0 Å². The van der Waals surface area contributed by atoms with Crippen molar-refractivity contribution in [2.24, 2.45) is 5.92 Å². The SMILES string of the molecule is O=C(O)C1CC(F)CN2c3ccccc3Oc3ccccc3C12. The van der Waals surface area contributed by atoms with Gasteiger partial charge < -0.3 is 14.7 Å². The number of carboxylic acid groups (broad SMARTS) is 1. The molecule has 2 aromatic carbocycles. The number of halogens is 1. The van der Waals surface area contributed by atoms with Crippen molar-refractivity contribution in [1.29, 1.82) is 0 Å². The zero-order valence-electron chi connectivity index (χ0n) is 12.4. The van der Waals surface area contributed by atoms with Crippen LogP contribution >= 0.6 is 0 Å². The van der Waals surface area contributed by atoms with E-state index >= 15 is 0 Å². The predicted octanol–water partition coefficient (Wildman–Crippen LogP) is 3.78. The highest BCUT2D eigenvalue weighted by atomic mass is 19.1. The van der Waals surface area contributed by atoms with E-state index in [0.29, 0.717) is 11.5 Å². The first-order chi connectivity index (χ1) is 11.1. The first kappa shape index (κ1) is 14.1. The maximum Gasteiger partial charge on any atom is 0.309 e. The smallest absolute Gasteiger partial charge is 0.309 e. The molecule has 1 saturated heterocycles. The van der Waals surface area contributed by atoms with Crippen LogP contribution in [0.3, 0.4) is 0 Å². The summed E-state index contributed by atoms with van der Waals surface area (Å²) in [5.41, 5.74) is 1.53. The number of piperidine rings is 1. The molecule has 1 fully saturated rings. The van der Waals surface area contributed by atoms with Gasteiger partial charge in [-0.2, -0.15) is 0 Å². The van der Waals surface area contributed by atoms with E-state index in [1.54, 1.807) is 0 Å². The van der Waals surface area contributed by atoms with Gasteiger partial charge in [-0.1, -0.05) is 30.3 Å². The fourth-order valence-corrected chi connectivity index (χ4v) is 3.61. The van der Waals surface area contributed by atoms with E-state index in [2.05, 4.69) is 0 Å². The molecule has 0 aromatic heterocycles. The minimum Gasteiger partial charge on any atom is -0.481 e. The molecule has 2 aliphatic heterocycles. The summed E-state index contributed by atoms with van der Waals surface area (Å²) in [6.07, 6.45) is -1.15. The van der Waals surface area contributed by atoms with E-state index in [9.17, 15) is 14.3 Å². The molecule has 5 heteroatoms. The second-order valence-electron chi connectivity index (χ2n) is 5.98. The molecule has 0 amide bonds. The largest absolute Gasteiger partial charge is 0.481 e. The summed E-state index contributed by atoms with van der Waals surface area (Å²) in [5.74, 6) is -0.525. The number of ether oxygens (including phenoxy) is 1. The third kappa shape index (κ3) is 2.23. The molecule has 23 heavy (non-hydrogen) atoms. The molecule has 0 radical (unpaired) electrons. The lowest BCUT2D eigenvalue weighted by molar-refractivity contribution is -0.144. The Labute approximate surface area is 133 Å². The highest BCUT2D eigenvalue weighted by Crippen LogP contribution is 2.49. The average molecular weight is 313 g/mol. The van der Waals surface area contributed by atoms with Gasteiger partial charge in [-0.05, 0) is 24.6 Å². The average Bonchev–Trinajstić information content (AvgIpc) is 2.68. The van der Waals surface area contributed by atoms with E-state index < -0.39 is 24.1 Å². The van der Waals surface area contributed by atoms with Gasteiger partial charge in [-0.15, -0.1) is 0 Å². The maximum atomic E-state index is 14.2. The number of aliphatic carboxylic acids is 1. The van der Waals surface area contributed by atoms with Crippen LogP contribution in [-0.4, -0.2) is 23.8 Å². The third-order valence-electron chi connectivity index (χ3n) is 4.57. The van der Waals surface area contributed by atoms with Gasteiger partial charge in [0.05, 0.1) is 17.6 Å². The highest BCUT2D eigenvalue weighted by Gasteiger charge is 2.44. The van der Waals surface area contributed by atoms with Gasteiger partial charge in [0.15, 0.2) is 5.75 Å². The number of fused-ring (bicyclic) bond motifs is 5. The molecule has 118 valence electrons. The Bertz CT molecular complexity index is 763. The van der Waals surface area contributed by atoms with Crippen LogP contribution in [0.1, 0.15) is 18.0 Å². The Morgan fingerprint density at radius 1 is 1.13 bits per heavy atom. The molecule has 0 bridgehead atoms. The van der Waals surface area contributed by atoms with Crippen molar-refractivity contribution in [1.82, 2.24) is 0 Å². The second-order valence-corrected chi connectivity index (χ2v) is 5.98. The Morgan fingerprint density at radius 3 is 2.61 bits per heavy atom. The van der Waals surface area contributed by atoms with Crippen LogP contribution in [0.15, 0.2) is 48.5 Å². The lowest BCUT2D eigenvalue weighted by atomic mass is 9.83. The second kappa shape index (κ2) is 5.26. The van der Waals surface area contributed by atoms with Crippen LogP contribution in [0.25, 0.3) is 0 Å². The molecule has 3 atom stereocenters. The minimum absolute atomic E-state index is 0.0208. The first-order valence-electron chi connectivity index (χ1n) is 7.64. The van der Waals surface area contributed by atoms with Crippen molar-refractivity contribution in [3.05, 3.63) is 54.1 Å². The summed E-state index contributed by atoms with van der Waals surface area (Å²) in [5, 5.41) is 9.63. The Balaban J connectivity index is 1.94. The number of hydrogen-bond donors (Lipinski definition) is 1. The van der Waals surface area contributed by atoms with Crippen LogP contribution in [0.5, 0.6) is 11.5 Å². The molecule has 4 nitrogen and oxygen atoms in total. The zero-order valence-corrected chi connectivity index (χ0v) is 12.4. The molecule has 2 aliphatic rings. The molecule has 0 saturated carbocycles. The number of para-hydroxylation sites is 3. The number of rotatable bonds is 1. The van der Waals surface area contributed by atoms with E-state index in [1.807, 2.05) is 53.4 Å². The molecular weight excluding hydrogens is 297 g/mol. The molecule has 2 heterocycles. The molecular formula is C18H16FNO3. The number of hydrogen-bond acceptors (Lipinski definition) is 3. The summed E-state index contributed by atoms with van der Waals surface area (Å²) < 4.78 is 20.2. The number of anilines is 1. The van der Waals surface area contributed by atoms with E-state index in [0.717, 1.165) is 11.3 Å². The minimum atomic E-state index is -1.18. The van der Waals surface area contributed by atoms with Crippen LogP contribution in [0.2, 0.25) is 0 Å². The van der Waals surface area contributed by atoms with Gasteiger partial charge in [-0.3, -0.25) is 4.79 Å². The summed E-state index contributed by atoms with van der Waals surface area (Å²) >= 11 is 0. The van der Waals surface area contributed by atoms with E-state index in [4.69, 9.17) is 4.74 Å². The fourth-order valence-electron chi connectivity index (χ4n) is 3.61. The van der Waals surface area contributed by atoms with Crippen LogP contribution in [-0.2, 0) is 4.79 Å². The quantitative estimate of drug-likeness (QED) is 0.870.